The molecule has 1 aromatic carbocycles. The maximum absolute atomic E-state index is 12.1. The SMILES string of the molecule is Cl.O=C(NCC1CCCNC1)c1ccc(Oc2ccccc2)o1. The maximum Gasteiger partial charge on any atom is 0.290 e. The smallest absolute Gasteiger partial charge is 0.290 e. The Labute approximate surface area is 141 Å². The predicted octanol–water partition coefficient (Wildman–Crippen LogP) is 3.22. The maximum atomic E-state index is 12.1. The number of carbonyl (C=O) groups is 1. The van der Waals surface area contributed by atoms with Crippen molar-refractivity contribution in [1.82, 2.24) is 10.6 Å². The van der Waals surface area contributed by atoms with Crippen molar-refractivity contribution < 1.29 is 13.9 Å². The van der Waals surface area contributed by atoms with Gasteiger partial charge in [0.05, 0.1) is 0 Å². The van der Waals surface area contributed by atoms with Gasteiger partial charge in [0.25, 0.3) is 11.9 Å². The number of benzene rings is 1. The molecule has 1 amide bonds. The van der Waals surface area contributed by atoms with E-state index in [9.17, 15) is 4.79 Å². The largest absolute Gasteiger partial charge is 0.426 e. The fourth-order valence-electron chi connectivity index (χ4n) is 2.52. The van der Waals surface area contributed by atoms with Crippen LogP contribution in [0.4, 0.5) is 0 Å². The molecule has 23 heavy (non-hydrogen) atoms. The molecule has 0 radical (unpaired) electrons. The van der Waals surface area contributed by atoms with Crippen molar-refractivity contribution in [3.63, 3.8) is 0 Å². The van der Waals surface area contributed by atoms with Crippen LogP contribution in [0.15, 0.2) is 46.9 Å². The molecular weight excluding hydrogens is 316 g/mol. The van der Waals surface area contributed by atoms with Gasteiger partial charge < -0.3 is 19.8 Å². The van der Waals surface area contributed by atoms with Crippen LogP contribution in [-0.4, -0.2) is 25.5 Å². The highest BCUT2D eigenvalue weighted by molar-refractivity contribution is 5.91. The third-order valence-corrected chi connectivity index (χ3v) is 3.72. The number of amides is 1. The van der Waals surface area contributed by atoms with Crippen LogP contribution < -0.4 is 15.4 Å². The summed E-state index contributed by atoms with van der Waals surface area (Å²) in [5, 5.41) is 6.25. The zero-order valence-corrected chi connectivity index (χ0v) is 13.6. The minimum atomic E-state index is -0.200. The first-order valence-electron chi connectivity index (χ1n) is 7.63. The van der Waals surface area contributed by atoms with Gasteiger partial charge >= 0.3 is 0 Å². The molecular formula is C17H21ClN2O3. The number of halogens is 1. The van der Waals surface area contributed by atoms with Crippen molar-refractivity contribution in [2.75, 3.05) is 19.6 Å². The summed E-state index contributed by atoms with van der Waals surface area (Å²) in [4.78, 5) is 12.1. The van der Waals surface area contributed by atoms with E-state index in [1.54, 1.807) is 12.1 Å². The first-order valence-corrected chi connectivity index (χ1v) is 7.63. The van der Waals surface area contributed by atoms with Crippen molar-refractivity contribution in [3.8, 4) is 11.7 Å². The summed E-state index contributed by atoms with van der Waals surface area (Å²) in [5.41, 5.74) is 0. The van der Waals surface area contributed by atoms with Crippen LogP contribution in [0.25, 0.3) is 0 Å². The zero-order chi connectivity index (χ0) is 15.2. The normalized spacial score (nSPS) is 17.1. The van der Waals surface area contributed by atoms with E-state index in [0.717, 1.165) is 25.9 Å². The highest BCUT2D eigenvalue weighted by atomic mass is 35.5. The minimum absolute atomic E-state index is 0. The molecule has 6 heteroatoms. The number of hydrogen-bond donors (Lipinski definition) is 2. The Bertz CT molecular complexity index is 609. The second-order valence-corrected chi connectivity index (χ2v) is 5.46. The Hall–Kier alpha value is -1.98. The number of para-hydroxylation sites is 1. The molecule has 2 heterocycles. The summed E-state index contributed by atoms with van der Waals surface area (Å²) in [6.07, 6.45) is 2.31. The monoisotopic (exact) mass is 336 g/mol. The molecule has 1 aromatic heterocycles. The van der Waals surface area contributed by atoms with Gasteiger partial charge in [0.1, 0.15) is 5.75 Å². The Morgan fingerprint density at radius 3 is 2.83 bits per heavy atom. The summed E-state index contributed by atoms with van der Waals surface area (Å²) in [7, 11) is 0. The minimum Gasteiger partial charge on any atom is -0.426 e. The Morgan fingerprint density at radius 1 is 1.26 bits per heavy atom. The van der Waals surface area contributed by atoms with E-state index >= 15 is 0 Å². The number of piperidine rings is 1. The standard InChI is InChI=1S/C17H20N2O3.ClH/c20-17(19-12-13-5-4-10-18-11-13)15-8-9-16(22-15)21-14-6-2-1-3-7-14;/h1-3,6-9,13,18H,4-5,10-12H2,(H,19,20);1H. The van der Waals surface area contributed by atoms with Gasteiger partial charge in [-0.1, -0.05) is 18.2 Å². The van der Waals surface area contributed by atoms with E-state index in [1.807, 2.05) is 30.3 Å². The number of rotatable bonds is 5. The van der Waals surface area contributed by atoms with Gasteiger partial charge in [-0.25, -0.2) is 0 Å². The highest BCUT2D eigenvalue weighted by Crippen LogP contribution is 2.23. The molecule has 2 aromatic rings. The molecule has 0 saturated carbocycles. The van der Waals surface area contributed by atoms with Gasteiger partial charge in [-0.15, -0.1) is 12.4 Å². The van der Waals surface area contributed by atoms with Crippen molar-refractivity contribution in [1.29, 1.82) is 0 Å². The lowest BCUT2D eigenvalue weighted by Gasteiger charge is -2.22. The van der Waals surface area contributed by atoms with E-state index in [4.69, 9.17) is 9.15 Å². The van der Waals surface area contributed by atoms with Gasteiger partial charge in [0.2, 0.25) is 0 Å². The molecule has 2 N–H and O–H groups in total. The van der Waals surface area contributed by atoms with Crippen LogP contribution in [0.3, 0.4) is 0 Å². The van der Waals surface area contributed by atoms with E-state index in [1.165, 1.54) is 0 Å². The molecule has 0 spiro atoms. The molecule has 0 aliphatic carbocycles. The molecule has 1 saturated heterocycles. The van der Waals surface area contributed by atoms with E-state index in [0.29, 0.717) is 24.2 Å². The van der Waals surface area contributed by atoms with Crippen molar-refractivity contribution in [2.45, 2.75) is 12.8 Å². The number of hydrogen-bond acceptors (Lipinski definition) is 4. The average Bonchev–Trinajstić information content (AvgIpc) is 3.03. The molecule has 5 nitrogen and oxygen atoms in total. The van der Waals surface area contributed by atoms with Gasteiger partial charge in [-0.2, -0.15) is 0 Å². The molecule has 1 aliphatic heterocycles. The van der Waals surface area contributed by atoms with Crippen LogP contribution in [0, 0.1) is 5.92 Å². The van der Waals surface area contributed by atoms with Gasteiger partial charge in [-0.3, -0.25) is 4.79 Å². The van der Waals surface area contributed by atoms with Crippen LogP contribution in [0.2, 0.25) is 0 Å². The quantitative estimate of drug-likeness (QED) is 0.880. The van der Waals surface area contributed by atoms with Crippen molar-refractivity contribution in [2.24, 2.45) is 5.92 Å². The van der Waals surface area contributed by atoms with Gasteiger partial charge in [-0.05, 0) is 50.0 Å². The third-order valence-electron chi connectivity index (χ3n) is 3.72. The Kier molecular flexibility index (Phi) is 6.50. The van der Waals surface area contributed by atoms with Crippen LogP contribution in [-0.2, 0) is 0 Å². The van der Waals surface area contributed by atoms with Crippen LogP contribution in [0.1, 0.15) is 23.4 Å². The van der Waals surface area contributed by atoms with Crippen molar-refractivity contribution >= 4 is 18.3 Å². The molecule has 1 atom stereocenters. The van der Waals surface area contributed by atoms with Gasteiger partial charge in [0, 0.05) is 12.6 Å². The molecule has 0 bridgehead atoms. The summed E-state index contributed by atoms with van der Waals surface area (Å²) in [6.45, 7) is 2.70. The van der Waals surface area contributed by atoms with Crippen molar-refractivity contribution in [3.05, 3.63) is 48.2 Å². The summed E-state index contributed by atoms with van der Waals surface area (Å²) < 4.78 is 11.0. The average molecular weight is 337 g/mol. The summed E-state index contributed by atoms with van der Waals surface area (Å²) in [6, 6.07) is 12.6. The molecule has 1 aliphatic rings. The summed E-state index contributed by atoms with van der Waals surface area (Å²) >= 11 is 0. The second-order valence-electron chi connectivity index (χ2n) is 5.46. The Balaban J connectivity index is 0.00000192. The van der Waals surface area contributed by atoms with E-state index < -0.39 is 0 Å². The third kappa shape index (κ3) is 5.01. The number of carbonyl (C=O) groups excluding carboxylic acids is 1. The lowest BCUT2D eigenvalue weighted by molar-refractivity contribution is 0.0912. The highest BCUT2D eigenvalue weighted by Gasteiger charge is 2.16. The van der Waals surface area contributed by atoms with E-state index in [2.05, 4.69) is 10.6 Å². The first-order chi connectivity index (χ1) is 10.8. The number of furan rings is 1. The second kappa shape index (κ2) is 8.60. The molecule has 3 rings (SSSR count). The van der Waals surface area contributed by atoms with Crippen LogP contribution >= 0.6 is 12.4 Å². The fraction of sp³-hybridized carbons (Fsp3) is 0.353. The fourth-order valence-corrected chi connectivity index (χ4v) is 2.52. The first kappa shape index (κ1) is 17.4. The summed E-state index contributed by atoms with van der Waals surface area (Å²) in [5.74, 6) is 1.56. The molecule has 1 unspecified atom stereocenters. The predicted molar refractivity (Wildman–Crippen MR) is 90.4 cm³/mol. The molecule has 1 fully saturated rings. The topological polar surface area (TPSA) is 63.5 Å². The number of ether oxygens (including phenoxy) is 1. The lowest BCUT2D eigenvalue weighted by Crippen LogP contribution is -2.38. The zero-order valence-electron chi connectivity index (χ0n) is 12.8. The number of nitrogens with one attached hydrogen (secondary N) is 2. The Morgan fingerprint density at radius 2 is 2.09 bits per heavy atom. The van der Waals surface area contributed by atoms with Gasteiger partial charge in [0.15, 0.2) is 5.76 Å². The van der Waals surface area contributed by atoms with E-state index in [-0.39, 0.29) is 24.1 Å². The van der Waals surface area contributed by atoms with Crippen LogP contribution in [0.5, 0.6) is 11.7 Å². The lowest BCUT2D eigenvalue weighted by atomic mass is 10.00. The molecule has 124 valence electrons.